The summed E-state index contributed by atoms with van der Waals surface area (Å²) in [5, 5.41) is 13.0. The van der Waals surface area contributed by atoms with Crippen LogP contribution < -0.4 is 0 Å². The van der Waals surface area contributed by atoms with Gasteiger partial charge in [0.2, 0.25) is 0 Å². The number of carbonyl (C=O) groups excluding carboxylic acids is 1. The zero-order chi connectivity index (χ0) is 12.0. The van der Waals surface area contributed by atoms with Gasteiger partial charge < -0.3 is 14.8 Å². The van der Waals surface area contributed by atoms with Crippen molar-refractivity contribution >= 4 is 12.1 Å². The smallest absolute Gasteiger partial charge is 0.262 e. The number of phenolic OH excluding ortho intramolecular Hbond substituents is 1. The molecule has 0 fully saturated rings. The van der Waals surface area contributed by atoms with Gasteiger partial charge in [-0.2, -0.15) is 0 Å². The average molecular weight is 222 g/mol. The Morgan fingerprint density at radius 3 is 2.81 bits per heavy atom. The summed E-state index contributed by atoms with van der Waals surface area (Å²) in [6, 6.07) is 6.72. The second-order valence-electron chi connectivity index (χ2n) is 3.35. The Balaban J connectivity index is 2.44. The standard InChI is InChI=1S/C11H14N2O3/c1-13(2)11(15)8-16-12-7-9-5-3-4-6-10(9)14/h3-7,14H,8H2,1-2H3/b12-7+. The minimum absolute atomic E-state index is 0.114. The number of benzene rings is 1. The van der Waals surface area contributed by atoms with Crippen LogP contribution in [0, 0.1) is 0 Å². The van der Waals surface area contributed by atoms with Crippen LogP contribution in [0.5, 0.6) is 5.75 Å². The van der Waals surface area contributed by atoms with E-state index in [1.54, 1.807) is 38.4 Å². The number of nitrogens with zero attached hydrogens (tertiary/aromatic N) is 2. The topological polar surface area (TPSA) is 62.1 Å². The van der Waals surface area contributed by atoms with E-state index in [1.165, 1.54) is 11.1 Å². The highest BCUT2D eigenvalue weighted by Gasteiger charge is 2.02. The molecule has 0 saturated carbocycles. The van der Waals surface area contributed by atoms with Crippen LogP contribution in [0.3, 0.4) is 0 Å². The number of hydrogen-bond donors (Lipinski definition) is 1. The lowest BCUT2D eigenvalue weighted by atomic mass is 10.2. The van der Waals surface area contributed by atoms with Gasteiger partial charge >= 0.3 is 0 Å². The SMILES string of the molecule is CN(C)C(=O)CO/N=C/c1ccccc1O. The molecule has 0 radical (unpaired) electrons. The quantitative estimate of drug-likeness (QED) is 0.606. The van der Waals surface area contributed by atoms with Gasteiger partial charge in [-0.3, -0.25) is 4.79 Å². The lowest BCUT2D eigenvalue weighted by molar-refractivity contribution is -0.133. The number of amides is 1. The van der Waals surface area contributed by atoms with Gasteiger partial charge in [0.15, 0.2) is 6.61 Å². The predicted octanol–water partition coefficient (Wildman–Crippen LogP) is 0.831. The lowest BCUT2D eigenvalue weighted by Crippen LogP contribution is -2.25. The van der Waals surface area contributed by atoms with Crippen LogP contribution in [-0.2, 0) is 9.63 Å². The molecule has 1 aromatic carbocycles. The first-order valence-corrected chi connectivity index (χ1v) is 4.74. The number of para-hydroxylation sites is 1. The summed E-state index contributed by atoms with van der Waals surface area (Å²) in [5.74, 6) is -0.0526. The fourth-order valence-corrected chi connectivity index (χ4v) is 0.912. The van der Waals surface area contributed by atoms with Crippen LogP contribution in [-0.4, -0.2) is 42.8 Å². The molecule has 16 heavy (non-hydrogen) atoms. The van der Waals surface area contributed by atoms with Gasteiger partial charge in [-0.1, -0.05) is 17.3 Å². The maximum absolute atomic E-state index is 11.1. The first-order valence-electron chi connectivity index (χ1n) is 4.74. The van der Waals surface area contributed by atoms with Crippen molar-refractivity contribution < 1.29 is 14.7 Å². The van der Waals surface area contributed by atoms with E-state index in [-0.39, 0.29) is 18.3 Å². The molecular weight excluding hydrogens is 208 g/mol. The van der Waals surface area contributed by atoms with Crippen LogP contribution in [0.1, 0.15) is 5.56 Å². The molecule has 0 aliphatic rings. The normalized spacial score (nSPS) is 10.4. The summed E-state index contributed by atoms with van der Waals surface area (Å²) < 4.78 is 0. The number of aromatic hydroxyl groups is 1. The highest BCUT2D eigenvalue weighted by Crippen LogP contribution is 2.12. The molecule has 86 valence electrons. The summed E-state index contributed by atoms with van der Waals surface area (Å²) in [6.45, 7) is -0.114. The highest BCUT2D eigenvalue weighted by molar-refractivity contribution is 5.83. The van der Waals surface area contributed by atoms with Crippen molar-refractivity contribution in [2.45, 2.75) is 0 Å². The largest absolute Gasteiger partial charge is 0.507 e. The highest BCUT2D eigenvalue weighted by atomic mass is 16.6. The van der Waals surface area contributed by atoms with Crippen LogP contribution in [0.25, 0.3) is 0 Å². The number of rotatable bonds is 4. The summed E-state index contributed by atoms with van der Waals surface area (Å²) in [4.78, 5) is 17.3. The maximum atomic E-state index is 11.1. The van der Waals surface area contributed by atoms with Crippen molar-refractivity contribution in [2.24, 2.45) is 5.16 Å². The fourth-order valence-electron chi connectivity index (χ4n) is 0.912. The number of likely N-dealkylation sites (N-methyl/N-ethyl adjacent to an activating group) is 1. The van der Waals surface area contributed by atoms with Crippen LogP contribution >= 0.6 is 0 Å². The summed E-state index contributed by atoms with van der Waals surface area (Å²) in [5.41, 5.74) is 0.541. The molecule has 0 saturated heterocycles. The Bertz CT molecular complexity index is 389. The van der Waals surface area contributed by atoms with Crippen molar-refractivity contribution in [3.05, 3.63) is 29.8 Å². The lowest BCUT2D eigenvalue weighted by Gasteiger charge is -2.07. The van der Waals surface area contributed by atoms with Crippen molar-refractivity contribution in [3.8, 4) is 5.75 Å². The molecule has 0 aromatic heterocycles. The third kappa shape index (κ3) is 3.61. The van der Waals surface area contributed by atoms with E-state index in [2.05, 4.69) is 5.16 Å². The van der Waals surface area contributed by atoms with Gasteiger partial charge in [-0.15, -0.1) is 0 Å². The molecule has 0 bridgehead atoms. The molecule has 5 nitrogen and oxygen atoms in total. The molecule has 0 unspecified atom stereocenters. The predicted molar refractivity (Wildman–Crippen MR) is 60.3 cm³/mol. The second kappa shape index (κ2) is 5.75. The number of oxime groups is 1. The Kier molecular flexibility index (Phi) is 4.32. The second-order valence-corrected chi connectivity index (χ2v) is 3.35. The summed E-state index contributed by atoms with van der Waals surface area (Å²) in [6.07, 6.45) is 1.36. The Morgan fingerprint density at radius 1 is 1.50 bits per heavy atom. The Labute approximate surface area is 93.9 Å². The third-order valence-electron chi connectivity index (χ3n) is 1.89. The van der Waals surface area contributed by atoms with E-state index in [4.69, 9.17) is 4.84 Å². The Morgan fingerprint density at radius 2 is 2.19 bits per heavy atom. The van der Waals surface area contributed by atoms with Gasteiger partial charge in [0.1, 0.15) is 5.75 Å². The van der Waals surface area contributed by atoms with E-state index in [0.29, 0.717) is 5.56 Å². The van der Waals surface area contributed by atoms with Gasteiger partial charge in [0.05, 0.1) is 6.21 Å². The first-order chi connectivity index (χ1) is 7.61. The van der Waals surface area contributed by atoms with Crippen molar-refractivity contribution in [3.63, 3.8) is 0 Å². The van der Waals surface area contributed by atoms with Crippen molar-refractivity contribution in [1.29, 1.82) is 0 Å². The van der Waals surface area contributed by atoms with E-state index < -0.39 is 0 Å². The van der Waals surface area contributed by atoms with Crippen molar-refractivity contribution in [2.75, 3.05) is 20.7 Å². The minimum atomic E-state index is -0.172. The molecule has 0 aliphatic heterocycles. The molecule has 1 N–H and O–H groups in total. The van der Waals surface area contributed by atoms with Gasteiger partial charge in [-0.25, -0.2) is 0 Å². The van der Waals surface area contributed by atoms with E-state index in [1.807, 2.05) is 0 Å². The van der Waals surface area contributed by atoms with Crippen LogP contribution in [0.15, 0.2) is 29.4 Å². The fraction of sp³-hybridized carbons (Fsp3) is 0.273. The van der Waals surface area contributed by atoms with E-state index >= 15 is 0 Å². The summed E-state index contributed by atoms with van der Waals surface area (Å²) in [7, 11) is 3.27. The van der Waals surface area contributed by atoms with Crippen LogP contribution in [0.4, 0.5) is 0 Å². The maximum Gasteiger partial charge on any atom is 0.262 e. The minimum Gasteiger partial charge on any atom is -0.507 e. The molecule has 0 aliphatic carbocycles. The molecule has 0 atom stereocenters. The molecule has 1 aromatic rings. The molecule has 1 amide bonds. The number of carbonyl (C=O) groups is 1. The number of phenols is 1. The van der Waals surface area contributed by atoms with E-state index in [9.17, 15) is 9.90 Å². The molecular formula is C11H14N2O3. The third-order valence-corrected chi connectivity index (χ3v) is 1.89. The first kappa shape index (κ1) is 12.0. The molecule has 0 heterocycles. The average Bonchev–Trinajstić information content (AvgIpc) is 2.26. The molecule has 0 spiro atoms. The number of hydrogen-bond acceptors (Lipinski definition) is 4. The summed E-state index contributed by atoms with van der Waals surface area (Å²) >= 11 is 0. The van der Waals surface area contributed by atoms with Crippen molar-refractivity contribution in [1.82, 2.24) is 4.90 Å². The Hall–Kier alpha value is -2.04. The zero-order valence-electron chi connectivity index (χ0n) is 9.25. The molecule has 5 heteroatoms. The van der Waals surface area contributed by atoms with Crippen LogP contribution in [0.2, 0.25) is 0 Å². The molecule has 1 rings (SSSR count). The zero-order valence-corrected chi connectivity index (χ0v) is 9.25. The van der Waals surface area contributed by atoms with E-state index in [0.717, 1.165) is 0 Å². The monoisotopic (exact) mass is 222 g/mol. The van der Waals surface area contributed by atoms with Gasteiger partial charge in [-0.05, 0) is 12.1 Å². The van der Waals surface area contributed by atoms with Gasteiger partial charge in [0, 0.05) is 19.7 Å². The van der Waals surface area contributed by atoms with Gasteiger partial charge in [0.25, 0.3) is 5.91 Å².